The van der Waals surface area contributed by atoms with E-state index in [0.29, 0.717) is 0 Å². The lowest BCUT2D eigenvalue weighted by molar-refractivity contribution is 1.14. The zero-order valence-corrected chi connectivity index (χ0v) is 11.4. The van der Waals surface area contributed by atoms with E-state index in [1.165, 1.54) is 0 Å². The van der Waals surface area contributed by atoms with Crippen LogP contribution in [0.15, 0.2) is 24.4 Å². The molecule has 0 aliphatic heterocycles. The zero-order chi connectivity index (χ0) is 11.0. The summed E-state index contributed by atoms with van der Waals surface area (Å²) in [6.07, 6.45) is 1.89. The van der Waals surface area contributed by atoms with E-state index in [2.05, 4.69) is 27.6 Å². The maximum absolute atomic E-state index is 6.07. The Balaban J connectivity index is 2.80. The fraction of sp³-hybridized carbons (Fsp3) is 0.182. The topological polar surface area (TPSA) is 16.1 Å². The molecule has 1 aromatic carbocycles. The molecule has 0 aliphatic rings. The number of aromatic nitrogens is 1. The lowest BCUT2D eigenvalue weighted by Crippen LogP contribution is -2.09. The van der Waals surface area contributed by atoms with Crippen LogP contribution >= 0.6 is 34.2 Å². The van der Waals surface area contributed by atoms with E-state index in [1.54, 1.807) is 0 Å². The van der Waals surface area contributed by atoms with Crippen LogP contribution in [-0.4, -0.2) is 19.1 Å². The third-order valence-electron chi connectivity index (χ3n) is 2.23. The van der Waals surface area contributed by atoms with Gasteiger partial charge in [0.15, 0.2) is 0 Å². The van der Waals surface area contributed by atoms with Gasteiger partial charge in [-0.25, -0.2) is 4.98 Å². The number of halogens is 2. The maximum atomic E-state index is 6.07. The Morgan fingerprint density at radius 2 is 2.00 bits per heavy atom. The minimum Gasteiger partial charge on any atom is -0.377 e. The van der Waals surface area contributed by atoms with Gasteiger partial charge in [-0.05, 0) is 46.2 Å². The van der Waals surface area contributed by atoms with Crippen LogP contribution in [0.1, 0.15) is 0 Å². The quantitative estimate of drug-likeness (QED) is 0.586. The van der Waals surface area contributed by atoms with Gasteiger partial charge in [0.05, 0.1) is 0 Å². The van der Waals surface area contributed by atoms with Gasteiger partial charge in [-0.2, -0.15) is 0 Å². The summed E-state index contributed by atoms with van der Waals surface area (Å²) in [5, 5.41) is 3.02. The molecular formula is C11H10ClIN2. The maximum Gasteiger partial charge on any atom is 0.101 e. The standard InChI is InChI=1S/C11H10ClIN2/c1-15(2)10-5-8(12)3-7-4-11(13)14-6-9(7)10/h3-6H,1-2H3. The van der Waals surface area contributed by atoms with Gasteiger partial charge in [0, 0.05) is 36.4 Å². The fourth-order valence-electron chi connectivity index (χ4n) is 1.55. The summed E-state index contributed by atoms with van der Waals surface area (Å²) in [4.78, 5) is 6.34. The van der Waals surface area contributed by atoms with Crippen molar-refractivity contribution in [1.29, 1.82) is 0 Å². The molecule has 0 aliphatic carbocycles. The summed E-state index contributed by atoms with van der Waals surface area (Å²) < 4.78 is 0.979. The SMILES string of the molecule is CN(C)c1cc(Cl)cc2cc(I)ncc12. The van der Waals surface area contributed by atoms with E-state index in [-0.39, 0.29) is 0 Å². The Labute approximate surface area is 107 Å². The summed E-state index contributed by atoms with van der Waals surface area (Å²) in [6, 6.07) is 5.96. The molecule has 2 rings (SSSR count). The van der Waals surface area contributed by atoms with Crippen LogP contribution in [-0.2, 0) is 0 Å². The van der Waals surface area contributed by atoms with Crippen LogP contribution in [0.25, 0.3) is 10.8 Å². The van der Waals surface area contributed by atoms with Crippen LogP contribution in [0.2, 0.25) is 5.02 Å². The number of pyridine rings is 1. The molecule has 1 aromatic heterocycles. The minimum absolute atomic E-state index is 0.758. The smallest absolute Gasteiger partial charge is 0.101 e. The lowest BCUT2D eigenvalue weighted by atomic mass is 10.1. The molecule has 2 aromatic rings. The summed E-state index contributed by atoms with van der Waals surface area (Å²) >= 11 is 8.27. The van der Waals surface area contributed by atoms with Gasteiger partial charge in [-0.1, -0.05) is 11.6 Å². The third kappa shape index (κ3) is 2.18. The first-order chi connectivity index (χ1) is 7.08. The zero-order valence-electron chi connectivity index (χ0n) is 8.46. The molecule has 2 nitrogen and oxygen atoms in total. The number of hydrogen-bond acceptors (Lipinski definition) is 2. The Bertz CT molecular complexity index is 506. The molecule has 78 valence electrons. The average molecular weight is 333 g/mol. The Morgan fingerprint density at radius 1 is 1.27 bits per heavy atom. The molecule has 0 spiro atoms. The Hall–Kier alpha value is -0.550. The van der Waals surface area contributed by atoms with Crippen molar-refractivity contribution in [3.63, 3.8) is 0 Å². The van der Waals surface area contributed by atoms with Crippen molar-refractivity contribution in [3.05, 3.63) is 33.1 Å². The average Bonchev–Trinajstić information content (AvgIpc) is 2.15. The van der Waals surface area contributed by atoms with Crippen molar-refractivity contribution >= 4 is 50.7 Å². The Morgan fingerprint density at radius 3 is 2.67 bits per heavy atom. The summed E-state index contributed by atoms with van der Waals surface area (Å²) in [5.41, 5.74) is 1.10. The van der Waals surface area contributed by atoms with E-state index >= 15 is 0 Å². The van der Waals surface area contributed by atoms with Gasteiger partial charge in [0.1, 0.15) is 3.70 Å². The second-order valence-electron chi connectivity index (χ2n) is 3.55. The molecule has 0 N–H and O–H groups in total. The third-order valence-corrected chi connectivity index (χ3v) is 3.04. The first-order valence-electron chi connectivity index (χ1n) is 4.50. The fourth-order valence-corrected chi connectivity index (χ4v) is 2.24. The predicted molar refractivity (Wildman–Crippen MR) is 73.8 cm³/mol. The van der Waals surface area contributed by atoms with Crippen LogP contribution in [0.3, 0.4) is 0 Å². The minimum atomic E-state index is 0.758. The molecular weight excluding hydrogens is 322 g/mol. The molecule has 0 unspecified atom stereocenters. The lowest BCUT2D eigenvalue weighted by Gasteiger charge is -2.15. The highest BCUT2D eigenvalue weighted by molar-refractivity contribution is 14.1. The number of hydrogen-bond donors (Lipinski definition) is 0. The highest BCUT2D eigenvalue weighted by Crippen LogP contribution is 2.29. The van der Waals surface area contributed by atoms with Crippen molar-refractivity contribution in [2.75, 3.05) is 19.0 Å². The molecule has 0 amide bonds. The number of benzene rings is 1. The van der Waals surface area contributed by atoms with Gasteiger partial charge in [-0.3, -0.25) is 0 Å². The number of anilines is 1. The summed E-state index contributed by atoms with van der Waals surface area (Å²) in [5.74, 6) is 0. The van der Waals surface area contributed by atoms with E-state index in [0.717, 1.165) is 25.2 Å². The molecule has 0 radical (unpaired) electrons. The first-order valence-corrected chi connectivity index (χ1v) is 5.96. The predicted octanol–water partition coefficient (Wildman–Crippen LogP) is 3.56. The number of rotatable bonds is 1. The summed E-state index contributed by atoms with van der Waals surface area (Å²) in [7, 11) is 4.01. The molecule has 0 saturated heterocycles. The highest BCUT2D eigenvalue weighted by Gasteiger charge is 2.05. The molecule has 0 saturated carbocycles. The molecule has 0 fully saturated rings. The second-order valence-corrected chi connectivity index (χ2v) is 5.09. The van der Waals surface area contributed by atoms with Crippen LogP contribution in [0, 0.1) is 3.70 Å². The van der Waals surface area contributed by atoms with Gasteiger partial charge in [0.2, 0.25) is 0 Å². The normalized spacial score (nSPS) is 10.7. The van der Waals surface area contributed by atoms with E-state index in [1.807, 2.05) is 43.4 Å². The van der Waals surface area contributed by atoms with Crippen molar-refractivity contribution in [1.82, 2.24) is 4.98 Å². The molecule has 0 atom stereocenters. The second kappa shape index (κ2) is 4.14. The molecule has 15 heavy (non-hydrogen) atoms. The van der Waals surface area contributed by atoms with E-state index in [9.17, 15) is 0 Å². The molecule has 0 bridgehead atoms. The van der Waals surface area contributed by atoms with Crippen LogP contribution < -0.4 is 4.90 Å². The van der Waals surface area contributed by atoms with Crippen LogP contribution in [0.5, 0.6) is 0 Å². The van der Waals surface area contributed by atoms with Crippen molar-refractivity contribution in [2.24, 2.45) is 0 Å². The van der Waals surface area contributed by atoms with Gasteiger partial charge in [-0.15, -0.1) is 0 Å². The number of nitrogens with zero attached hydrogens (tertiary/aromatic N) is 2. The van der Waals surface area contributed by atoms with Crippen molar-refractivity contribution < 1.29 is 0 Å². The largest absolute Gasteiger partial charge is 0.377 e. The Kier molecular flexibility index (Phi) is 3.02. The number of fused-ring (bicyclic) bond motifs is 1. The highest BCUT2D eigenvalue weighted by atomic mass is 127. The van der Waals surface area contributed by atoms with Gasteiger partial charge >= 0.3 is 0 Å². The van der Waals surface area contributed by atoms with Gasteiger partial charge < -0.3 is 4.90 Å². The summed E-state index contributed by atoms with van der Waals surface area (Å²) in [6.45, 7) is 0. The van der Waals surface area contributed by atoms with Crippen LogP contribution in [0.4, 0.5) is 5.69 Å². The van der Waals surface area contributed by atoms with E-state index < -0.39 is 0 Å². The molecule has 1 heterocycles. The van der Waals surface area contributed by atoms with Crippen molar-refractivity contribution in [2.45, 2.75) is 0 Å². The van der Waals surface area contributed by atoms with Gasteiger partial charge in [0.25, 0.3) is 0 Å². The first kappa shape index (κ1) is 11.0. The monoisotopic (exact) mass is 332 g/mol. The van der Waals surface area contributed by atoms with E-state index in [4.69, 9.17) is 11.6 Å². The van der Waals surface area contributed by atoms with Crippen molar-refractivity contribution in [3.8, 4) is 0 Å². The molecule has 4 heteroatoms.